The predicted molar refractivity (Wildman–Crippen MR) is 53.1 cm³/mol. The molecule has 2 rings (SSSR count). The Kier molecular flexibility index (Phi) is 120. The molecule has 0 heterocycles. The Labute approximate surface area is 138 Å². The number of nitrogens with zero attached hydrogens (tertiary/aromatic N) is 2. The third-order valence-corrected chi connectivity index (χ3v) is 0.702. The van der Waals surface area contributed by atoms with Crippen LogP contribution in [-0.2, 0) is 53.3 Å². The molecular formula is C12H4Mn2N2O4-10. The molecule has 0 saturated heterocycles. The zero-order valence-corrected chi connectivity index (χ0v) is 12.0. The smallest absolute Gasteiger partial charge is 0 e. The van der Waals surface area contributed by atoms with Crippen LogP contribution in [-0.4, -0.2) is 13.6 Å². The van der Waals surface area contributed by atoms with Gasteiger partial charge in [0.15, 0.2) is 0 Å². The van der Waals surface area contributed by atoms with E-state index in [2.05, 4.69) is 62.1 Å². The van der Waals surface area contributed by atoms with Crippen molar-refractivity contribution in [2.45, 2.75) is 0 Å². The molecule has 0 aromatic heterocycles. The Hall–Kier alpha value is -1.58. The molecule has 0 unspecified atom stereocenters. The van der Waals surface area contributed by atoms with Crippen LogP contribution in [0.25, 0.3) is 0 Å². The van der Waals surface area contributed by atoms with E-state index in [0.717, 1.165) is 0 Å². The standard InChI is InChI=1S/2C5H.2CHO.2Mn.2NO/c2*1-2-4-5-3-1;2*1-2;;;2*1-2/h2*1H;2*1H;;;;/q2*-5;2*-1;;;2*+1. The summed E-state index contributed by atoms with van der Waals surface area (Å²) in [6.45, 7) is 6.50. The molecule has 2 aromatic rings. The van der Waals surface area contributed by atoms with E-state index in [0.29, 0.717) is 0 Å². The van der Waals surface area contributed by atoms with Gasteiger partial charge in [-0.3, -0.25) is 13.6 Å². The van der Waals surface area contributed by atoms with Crippen molar-refractivity contribution in [2.24, 2.45) is 0 Å². The number of rotatable bonds is 0. The van der Waals surface area contributed by atoms with Crippen molar-refractivity contribution < 1.29 is 53.3 Å². The Morgan fingerprint density at radius 2 is 0.750 bits per heavy atom. The molecule has 6 nitrogen and oxygen atoms in total. The van der Waals surface area contributed by atoms with Gasteiger partial charge in [-0.2, -0.15) is 0 Å². The number of hydrogen-bond donors (Lipinski definition) is 0. The van der Waals surface area contributed by atoms with E-state index < -0.39 is 0 Å². The van der Waals surface area contributed by atoms with Crippen LogP contribution in [0.5, 0.6) is 0 Å². The van der Waals surface area contributed by atoms with Crippen LogP contribution in [0.2, 0.25) is 0 Å². The van der Waals surface area contributed by atoms with Gasteiger partial charge in [0.05, 0.1) is 0 Å². The molecule has 0 bridgehead atoms. The Morgan fingerprint density at radius 1 is 0.600 bits per heavy atom. The second-order valence-corrected chi connectivity index (χ2v) is 1.37. The summed E-state index contributed by atoms with van der Waals surface area (Å²) < 4.78 is 14.5. The fourth-order valence-electron chi connectivity index (χ4n) is 0.361. The van der Waals surface area contributed by atoms with Crippen LogP contribution in [0.3, 0.4) is 0 Å². The van der Waals surface area contributed by atoms with Crippen molar-refractivity contribution in [1.82, 2.24) is 0 Å². The van der Waals surface area contributed by atoms with Gasteiger partial charge >= 0.3 is 20.5 Å². The minimum absolute atomic E-state index is 0. The summed E-state index contributed by atoms with van der Waals surface area (Å²) >= 11 is 0. The van der Waals surface area contributed by atoms with Crippen molar-refractivity contribution in [3.05, 3.63) is 60.7 Å². The van der Waals surface area contributed by atoms with Crippen molar-refractivity contribution >= 4 is 13.6 Å². The minimum Gasteiger partial charge on any atom is -0.999 e. The fourth-order valence-corrected chi connectivity index (χ4v) is 0.361. The maximum absolute atomic E-state index is 7.75. The average Bonchev–Trinajstić information content (AvgIpc) is 3.25. The molecule has 0 N–H and O–H groups in total. The second-order valence-electron chi connectivity index (χ2n) is 1.37. The van der Waals surface area contributed by atoms with Crippen molar-refractivity contribution in [3.63, 3.8) is 0 Å². The topological polar surface area (TPSA) is 122 Å². The van der Waals surface area contributed by atoms with Crippen LogP contribution >= 0.6 is 0 Å². The first-order chi connectivity index (χ1) is 9.00. The van der Waals surface area contributed by atoms with E-state index in [1.807, 2.05) is 0 Å². The molecule has 8 heteroatoms. The van der Waals surface area contributed by atoms with Gasteiger partial charge in [-0.1, -0.05) is 0 Å². The molecule has 2 radical (unpaired) electrons. The predicted octanol–water partition coefficient (Wildman–Crippen LogP) is 0.452. The molecular weight excluding hydrogens is 346 g/mol. The van der Waals surface area contributed by atoms with Crippen LogP contribution < -0.4 is 0 Å². The Bertz CT molecular complexity index is 255. The van der Waals surface area contributed by atoms with Gasteiger partial charge in [-0.05, 0) is 0 Å². The summed E-state index contributed by atoms with van der Waals surface area (Å²) in [6, 6.07) is 24.0. The van der Waals surface area contributed by atoms with E-state index in [9.17, 15) is 0 Å². The summed E-state index contributed by atoms with van der Waals surface area (Å²) in [6.07, 6.45) is 0. The van der Waals surface area contributed by atoms with Crippen molar-refractivity contribution in [1.29, 1.82) is 10.9 Å². The molecule has 0 aliphatic heterocycles. The molecule has 20 heavy (non-hydrogen) atoms. The summed E-state index contributed by atoms with van der Waals surface area (Å²) in [5.74, 6) is 0. The van der Waals surface area contributed by atoms with Gasteiger partial charge in [0.25, 0.3) is 0 Å². The summed E-state index contributed by atoms with van der Waals surface area (Å²) in [7, 11) is 0. The monoisotopic (exact) mass is 350 g/mol. The van der Waals surface area contributed by atoms with Gasteiger partial charge in [-0.25, -0.2) is 0 Å². The van der Waals surface area contributed by atoms with Crippen molar-refractivity contribution in [3.8, 4) is 0 Å². The molecule has 0 atom stereocenters. The van der Waals surface area contributed by atoms with Gasteiger partial charge in [-0.15, -0.1) is 0 Å². The summed E-state index contributed by atoms with van der Waals surface area (Å²) in [5, 5.41) is 0. The molecule has 2 aromatic carbocycles. The quantitative estimate of drug-likeness (QED) is 0.296. The van der Waals surface area contributed by atoms with Crippen LogP contribution in [0.15, 0.2) is 12.1 Å². The summed E-state index contributed by atoms with van der Waals surface area (Å²) in [4.78, 5) is 15.5. The second kappa shape index (κ2) is 66.3. The molecule has 0 aliphatic carbocycles. The Morgan fingerprint density at radius 3 is 0.800 bits per heavy atom. The van der Waals surface area contributed by atoms with Gasteiger partial charge in [0, 0.05) is 34.1 Å². The van der Waals surface area contributed by atoms with Crippen molar-refractivity contribution in [2.75, 3.05) is 0 Å². The molecule has 0 spiro atoms. The number of hydrogen-bond acceptors (Lipinski definition) is 4. The largest absolute Gasteiger partial charge is 0.999 e. The first-order valence-electron chi connectivity index (χ1n) is 3.49. The number of carbonyl (C=O) groups excluding carboxylic acids is 2. The Balaban J connectivity index is -0.0000000311. The molecule has 110 valence electrons. The van der Waals surface area contributed by atoms with Gasteiger partial charge < -0.3 is 70.3 Å². The average molecular weight is 350 g/mol. The van der Waals surface area contributed by atoms with Gasteiger partial charge in [0.2, 0.25) is 0 Å². The van der Waals surface area contributed by atoms with E-state index in [-0.39, 0.29) is 34.1 Å². The molecule has 0 amide bonds. The zero-order valence-electron chi connectivity index (χ0n) is 9.59. The first kappa shape index (κ1) is 36.2. The van der Waals surface area contributed by atoms with Crippen LogP contribution in [0, 0.1) is 59.5 Å². The normalized spacial score (nSPS) is 4.60. The maximum atomic E-state index is 7.75. The minimum atomic E-state index is 0. The van der Waals surface area contributed by atoms with Crippen LogP contribution in [0.4, 0.5) is 0 Å². The zero-order chi connectivity index (χ0) is 15.1. The SMILES string of the molecule is N#[O+].N#[O+].[CH-]=O.[CH-]=O.[Mn].[Mn].[c-]1[c-][c-][cH-][c-]1.[c-]1[c-][c-][cH-][c-]1. The summed E-state index contributed by atoms with van der Waals surface area (Å²) in [5.41, 5.74) is 11.5. The van der Waals surface area contributed by atoms with Gasteiger partial charge in [0.1, 0.15) is 0 Å². The third kappa shape index (κ3) is 55.1. The molecule has 0 fully saturated rings. The van der Waals surface area contributed by atoms with E-state index in [4.69, 9.17) is 30.1 Å². The molecule has 0 saturated carbocycles. The third-order valence-electron chi connectivity index (χ3n) is 0.702. The van der Waals surface area contributed by atoms with E-state index in [1.54, 1.807) is 12.1 Å². The molecule has 0 aliphatic rings. The maximum Gasteiger partial charge on any atom is 0 e. The first-order valence-corrected chi connectivity index (χ1v) is 3.49. The van der Waals surface area contributed by atoms with E-state index in [1.165, 1.54) is 0 Å². The van der Waals surface area contributed by atoms with E-state index >= 15 is 0 Å². The fraction of sp³-hybridized carbons (Fsp3) is 0. The van der Waals surface area contributed by atoms with Crippen LogP contribution in [0.1, 0.15) is 0 Å².